The zero-order valence-corrected chi connectivity index (χ0v) is 43.5. The fourth-order valence-corrected chi connectivity index (χ4v) is 11.0. The average molecular weight is 1060 g/mol. The van der Waals surface area contributed by atoms with Gasteiger partial charge in [0.15, 0.2) is 0 Å². The van der Waals surface area contributed by atoms with Crippen LogP contribution in [0.4, 0.5) is 15.4 Å². The number of hydrazine groups is 1. The molecular weight excluding hydrogens is 993 g/mol. The van der Waals surface area contributed by atoms with Crippen molar-refractivity contribution in [3.05, 3.63) is 89.6 Å². The van der Waals surface area contributed by atoms with Gasteiger partial charge in [0, 0.05) is 62.5 Å². The number of aromatic nitrogens is 1. The highest BCUT2D eigenvalue weighted by Crippen LogP contribution is 2.34. The largest absolute Gasteiger partial charge is 0.492 e. The minimum Gasteiger partial charge on any atom is -0.492 e. The molecule has 8 amide bonds. The molecule has 4 aliphatic rings. The highest BCUT2D eigenvalue weighted by molar-refractivity contribution is 8.15. The third-order valence-electron chi connectivity index (χ3n) is 12.9. The van der Waals surface area contributed by atoms with E-state index >= 15 is 0 Å². The van der Waals surface area contributed by atoms with Gasteiger partial charge in [0.25, 0.3) is 17.1 Å². The van der Waals surface area contributed by atoms with Crippen molar-refractivity contribution in [3.63, 3.8) is 0 Å². The second-order valence-corrected chi connectivity index (χ2v) is 20.9. The maximum atomic E-state index is 13.7. The fourth-order valence-electron chi connectivity index (χ4n) is 8.47. The van der Waals surface area contributed by atoms with Crippen molar-refractivity contribution in [2.75, 3.05) is 83.6 Å². The highest BCUT2D eigenvalue weighted by atomic mass is 32.2. The summed E-state index contributed by atoms with van der Waals surface area (Å²) in [6, 6.07) is 18.5. The molecule has 0 saturated carbocycles. The predicted octanol–water partition coefficient (Wildman–Crippen LogP) is 2.99. The van der Waals surface area contributed by atoms with Crippen molar-refractivity contribution >= 4 is 70.1 Å². The monoisotopic (exact) mass is 1060 g/mol. The molecule has 23 heteroatoms. The van der Waals surface area contributed by atoms with E-state index in [1.807, 2.05) is 48.8 Å². The van der Waals surface area contributed by atoms with Crippen molar-refractivity contribution in [2.45, 2.75) is 92.6 Å². The zero-order valence-electron chi connectivity index (χ0n) is 41.9. The summed E-state index contributed by atoms with van der Waals surface area (Å²) in [7, 11) is 1.93. The molecule has 3 aromatic rings. The normalized spacial score (nSPS) is 19.8. The highest BCUT2D eigenvalue weighted by Gasteiger charge is 2.45. The molecule has 4 aliphatic heterocycles. The number of pyridine rings is 1. The summed E-state index contributed by atoms with van der Waals surface area (Å²) in [6.45, 7) is 5.87. The number of likely N-dealkylation sites (N-methyl/N-ethyl adjacent to an activating group) is 1. The van der Waals surface area contributed by atoms with E-state index in [1.165, 1.54) is 0 Å². The van der Waals surface area contributed by atoms with Gasteiger partial charge in [-0.3, -0.25) is 28.8 Å². The smallest absolute Gasteiger partial charge is 0.315 e. The molecule has 400 valence electrons. The summed E-state index contributed by atoms with van der Waals surface area (Å²) in [5.74, 6) is -0.445. The van der Waals surface area contributed by atoms with Crippen molar-refractivity contribution in [2.24, 2.45) is 0 Å². The summed E-state index contributed by atoms with van der Waals surface area (Å²) < 4.78 is 22.7. The summed E-state index contributed by atoms with van der Waals surface area (Å²) in [6.07, 6.45) is 5.60. The van der Waals surface area contributed by atoms with Gasteiger partial charge in [-0.25, -0.2) is 25.5 Å². The number of anilines is 1. The molecule has 0 bridgehead atoms. The number of amides is 8. The first-order valence-corrected chi connectivity index (χ1v) is 27.1. The number of imide groups is 3. The van der Waals surface area contributed by atoms with E-state index in [1.54, 1.807) is 54.7 Å². The average Bonchev–Trinajstić information content (AvgIpc) is 3.74. The van der Waals surface area contributed by atoms with Crippen molar-refractivity contribution in [1.82, 2.24) is 47.3 Å². The lowest BCUT2D eigenvalue weighted by Crippen LogP contribution is -2.50. The molecule has 74 heavy (non-hydrogen) atoms. The van der Waals surface area contributed by atoms with Gasteiger partial charge in [0.1, 0.15) is 29.9 Å². The van der Waals surface area contributed by atoms with Crippen LogP contribution in [0.15, 0.2) is 72.9 Å². The van der Waals surface area contributed by atoms with Crippen LogP contribution >= 0.6 is 23.5 Å². The van der Waals surface area contributed by atoms with E-state index in [0.717, 1.165) is 53.7 Å². The van der Waals surface area contributed by atoms with Gasteiger partial charge in [-0.1, -0.05) is 48.5 Å². The van der Waals surface area contributed by atoms with Crippen LogP contribution in [-0.2, 0) is 45.5 Å². The number of hydrogen-bond acceptors (Lipinski definition) is 17. The first-order valence-electron chi connectivity index (χ1n) is 25.2. The summed E-state index contributed by atoms with van der Waals surface area (Å²) in [5, 5.41) is 13.1. The first kappa shape index (κ1) is 55.9. The van der Waals surface area contributed by atoms with Crippen LogP contribution in [0.5, 0.6) is 5.75 Å². The Morgan fingerprint density at radius 2 is 1.54 bits per heavy atom. The number of hydrogen-bond donors (Lipinski definition) is 7. The molecule has 5 heterocycles. The molecule has 1 aromatic heterocycles. The van der Waals surface area contributed by atoms with Crippen LogP contribution in [0.25, 0.3) is 0 Å². The predicted molar refractivity (Wildman–Crippen MR) is 279 cm³/mol. The van der Waals surface area contributed by atoms with Crippen molar-refractivity contribution in [3.8, 4) is 5.75 Å². The molecule has 1 unspecified atom stereocenters. The van der Waals surface area contributed by atoms with Gasteiger partial charge in [0.05, 0.1) is 56.7 Å². The van der Waals surface area contributed by atoms with Crippen molar-refractivity contribution < 1.29 is 52.5 Å². The van der Waals surface area contributed by atoms with Gasteiger partial charge >= 0.3 is 6.03 Å². The number of nitrogens with zero attached hydrogens (tertiary/aromatic N) is 3. The van der Waals surface area contributed by atoms with Crippen LogP contribution in [0.2, 0.25) is 0 Å². The van der Waals surface area contributed by atoms with Crippen LogP contribution < -0.4 is 47.1 Å². The molecule has 7 rings (SSSR count). The second kappa shape index (κ2) is 28.2. The minimum absolute atomic E-state index is 0.0305. The van der Waals surface area contributed by atoms with E-state index in [-0.39, 0.29) is 42.6 Å². The number of fused-ring (bicyclic) bond motifs is 1. The SMILES string of the molecule is CN(CCOc1ccc(CC2SC(=O)N(C(=O)C[C@@H](NC(=O)c3ccc(C4(C)NN4)cc3)C(=O)NCCCOCCOCCOCCCNC(=O)CCCC[C@@H]3SC[C@@H]4NC(=O)N[C@@H]43)C2=O)cc1)c1ccccn1. The topological polar surface area (TPSA) is 280 Å². The number of urea groups is 1. The lowest BCUT2D eigenvalue weighted by Gasteiger charge is -2.20. The standard InChI is InChI=1S/C51H68N10O11S2/c1-51(58-59-51)36-16-14-35(15-17-36)46(64)55-38(32-44(63)61-48(66)41(74-50(61)68)31-34-12-18-37(19-13-34)72-26-23-60(2)42-10-5-6-20-52-42)47(65)54-22-8-25-70-28-30-71-29-27-69-24-7-21-53-43(62)11-4-3-9-40-45-39(33-73-40)56-49(67)57-45/h5-6,10,12-20,38-41,45,58-59H,3-4,7-9,11,21-33H2,1-2H3,(H,53,62)(H,54,65)(H,55,64)(H2,56,57,67)/t38-,39+,40+,41?,45+/m1/s1. The summed E-state index contributed by atoms with van der Waals surface area (Å²) >= 11 is 2.63. The van der Waals surface area contributed by atoms with Crippen LogP contribution in [-0.4, -0.2) is 158 Å². The number of carbonyl (C=O) groups excluding carboxylic acids is 7. The number of rotatable bonds is 32. The Labute approximate surface area is 439 Å². The Morgan fingerprint density at radius 1 is 0.838 bits per heavy atom. The zero-order chi connectivity index (χ0) is 52.3. The quantitative estimate of drug-likeness (QED) is 0.0269. The molecule has 4 fully saturated rings. The van der Waals surface area contributed by atoms with E-state index < -0.39 is 52.2 Å². The van der Waals surface area contributed by atoms with Crippen LogP contribution in [0, 0.1) is 0 Å². The first-order chi connectivity index (χ1) is 35.9. The fraction of sp³-hybridized carbons (Fsp3) is 0.529. The molecular formula is C51H68N10O11S2. The van der Waals surface area contributed by atoms with E-state index in [0.29, 0.717) is 94.5 Å². The van der Waals surface area contributed by atoms with Gasteiger partial charge in [-0.15, -0.1) is 0 Å². The Bertz CT molecular complexity index is 2370. The Kier molecular flexibility index (Phi) is 21.3. The molecule has 7 N–H and O–H groups in total. The van der Waals surface area contributed by atoms with Gasteiger partial charge < -0.3 is 50.4 Å². The molecule has 21 nitrogen and oxygen atoms in total. The van der Waals surface area contributed by atoms with Gasteiger partial charge in [0.2, 0.25) is 17.7 Å². The third kappa shape index (κ3) is 16.8. The molecule has 0 radical (unpaired) electrons. The second-order valence-electron chi connectivity index (χ2n) is 18.5. The maximum absolute atomic E-state index is 13.7. The number of carbonyl (C=O) groups is 7. The van der Waals surface area contributed by atoms with Crippen molar-refractivity contribution in [1.29, 1.82) is 0 Å². The molecule has 0 spiro atoms. The van der Waals surface area contributed by atoms with E-state index in [4.69, 9.17) is 18.9 Å². The maximum Gasteiger partial charge on any atom is 0.315 e. The Hall–Kier alpha value is -5.82. The third-order valence-corrected chi connectivity index (χ3v) is 15.4. The summed E-state index contributed by atoms with van der Waals surface area (Å²) in [4.78, 5) is 98.1. The number of ether oxygens (including phenoxy) is 4. The van der Waals surface area contributed by atoms with Gasteiger partial charge in [-0.05, 0) is 86.6 Å². The lowest BCUT2D eigenvalue weighted by atomic mass is 10.0. The number of unbranched alkanes of at least 4 members (excludes halogenated alkanes) is 1. The Morgan fingerprint density at radius 3 is 2.23 bits per heavy atom. The number of thioether (sulfide) groups is 2. The van der Waals surface area contributed by atoms with Crippen LogP contribution in [0.1, 0.15) is 73.4 Å². The lowest BCUT2D eigenvalue weighted by molar-refractivity contribution is -0.141. The molecule has 4 saturated heterocycles. The minimum atomic E-state index is -1.40. The van der Waals surface area contributed by atoms with E-state index in [9.17, 15) is 33.6 Å². The summed E-state index contributed by atoms with van der Waals surface area (Å²) in [5.41, 5.74) is 7.57. The molecule has 0 aliphatic carbocycles. The molecule has 5 atom stereocenters. The van der Waals surface area contributed by atoms with E-state index in [2.05, 4.69) is 42.4 Å². The number of nitrogens with one attached hydrogen (secondary N) is 7. The number of benzene rings is 2. The van der Waals surface area contributed by atoms with Gasteiger partial charge in [-0.2, -0.15) is 11.8 Å². The Balaban J connectivity index is 0.760. The molecule has 2 aromatic carbocycles. The van der Waals surface area contributed by atoms with Crippen LogP contribution in [0.3, 0.4) is 0 Å².